The monoisotopic (exact) mass is 264 g/mol. The Labute approximate surface area is 108 Å². The van der Waals surface area contributed by atoms with E-state index < -0.39 is 12.1 Å². The second-order valence-corrected chi connectivity index (χ2v) is 4.02. The number of hydrogen-bond donors (Lipinski definition) is 0. The molecular formula is C11H9ClN4O2. The number of aliphatic imine (C=N–C) groups is 1. The van der Waals surface area contributed by atoms with E-state index in [1.165, 1.54) is 0 Å². The zero-order valence-corrected chi connectivity index (χ0v) is 10.0. The zero-order valence-electron chi connectivity index (χ0n) is 9.28. The maximum Gasteiger partial charge on any atom is 0.357 e. The van der Waals surface area contributed by atoms with Gasteiger partial charge in [0.15, 0.2) is 5.71 Å². The molecule has 1 aliphatic heterocycles. The average Bonchev–Trinajstić information content (AvgIpc) is 2.38. The Balaban J connectivity index is 2.21. The minimum atomic E-state index is -0.549. The minimum Gasteiger partial charge on any atom is -0.456 e. The lowest BCUT2D eigenvalue weighted by molar-refractivity contribution is -0.140. The summed E-state index contributed by atoms with van der Waals surface area (Å²) in [6, 6.07) is 6.92. The first-order chi connectivity index (χ1) is 8.72. The molecule has 6 nitrogen and oxygen atoms in total. The van der Waals surface area contributed by atoms with Gasteiger partial charge in [-0.1, -0.05) is 34.9 Å². The fraction of sp³-hybridized carbons (Fsp3) is 0.273. The quantitative estimate of drug-likeness (QED) is 0.363. The number of benzene rings is 1. The topological polar surface area (TPSA) is 87.4 Å². The molecule has 0 amide bonds. The number of azide groups is 1. The van der Waals surface area contributed by atoms with Gasteiger partial charge in [-0.15, -0.1) is 0 Å². The summed E-state index contributed by atoms with van der Waals surface area (Å²) in [6.45, 7) is 0.354. The van der Waals surface area contributed by atoms with Crippen LogP contribution in [0.3, 0.4) is 0 Å². The van der Waals surface area contributed by atoms with Crippen molar-refractivity contribution in [2.45, 2.75) is 6.10 Å². The predicted molar refractivity (Wildman–Crippen MR) is 66.7 cm³/mol. The van der Waals surface area contributed by atoms with Crippen molar-refractivity contribution in [3.05, 3.63) is 45.3 Å². The van der Waals surface area contributed by atoms with E-state index in [9.17, 15) is 4.79 Å². The van der Waals surface area contributed by atoms with Crippen LogP contribution in [0.5, 0.6) is 0 Å². The molecule has 0 N–H and O–H groups in total. The first kappa shape index (κ1) is 12.4. The van der Waals surface area contributed by atoms with E-state index in [0.717, 1.165) is 0 Å². The molecule has 18 heavy (non-hydrogen) atoms. The second kappa shape index (κ2) is 5.53. The molecule has 0 saturated carbocycles. The van der Waals surface area contributed by atoms with Gasteiger partial charge in [0.2, 0.25) is 0 Å². The molecular weight excluding hydrogens is 256 g/mol. The van der Waals surface area contributed by atoms with Crippen molar-refractivity contribution in [2.24, 2.45) is 10.1 Å². The van der Waals surface area contributed by atoms with Crippen LogP contribution >= 0.6 is 11.6 Å². The summed E-state index contributed by atoms with van der Waals surface area (Å²) in [5.74, 6) is -0.549. The minimum absolute atomic E-state index is 0.0849. The molecule has 92 valence electrons. The van der Waals surface area contributed by atoms with Crippen LogP contribution in [0.15, 0.2) is 34.4 Å². The summed E-state index contributed by atoms with van der Waals surface area (Å²) in [7, 11) is 0. The first-order valence-electron chi connectivity index (χ1n) is 5.23. The Hall–Kier alpha value is -2.04. The lowest BCUT2D eigenvalue weighted by Gasteiger charge is -2.20. The number of ether oxygens (including phenoxy) is 1. The number of rotatable bonds is 3. The van der Waals surface area contributed by atoms with Gasteiger partial charge >= 0.3 is 5.97 Å². The fourth-order valence-electron chi connectivity index (χ4n) is 1.57. The summed E-state index contributed by atoms with van der Waals surface area (Å²) in [5.41, 5.74) is 8.95. The van der Waals surface area contributed by atoms with E-state index >= 15 is 0 Å². The van der Waals surface area contributed by atoms with Crippen LogP contribution in [-0.4, -0.2) is 30.9 Å². The average molecular weight is 265 g/mol. The first-order valence-corrected chi connectivity index (χ1v) is 5.61. The fourth-order valence-corrected chi connectivity index (χ4v) is 1.80. The van der Waals surface area contributed by atoms with Crippen molar-refractivity contribution >= 4 is 23.3 Å². The van der Waals surface area contributed by atoms with Gasteiger partial charge in [-0.3, -0.25) is 4.99 Å². The number of carbonyl (C=O) groups is 1. The summed E-state index contributed by atoms with van der Waals surface area (Å²) < 4.78 is 5.12. The highest BCUT2D eigenvalue weighted by molar-refractivity contribution is 6.47. The Bertz CT molecular complexity index is 552. The molecule has 1 aromatic rings. The SMILES string of the molecule is [N-]=[N+]=NC[C@@H]1CN=C(c2ccccc2Cl)C(=O)O1. The molecule has 1 aromatic carbocycles. The van der Waals surface area contributed by atoms with Crippen LogP contribution in [0.1, 0.15) is 5.56 Å². The van der Waals surface area contributed by atoms with Crippen molar-refractivity contribution in [3.8, 4) is 0 Å². The molecule has 2 rings (SSSR count). The van der Waals surface area contributed by atoms with Crippen molar-refractivity contribution in [1.29, 1.82) is 0 Å². The number of nitrogens with zero attached hydrogens (tertiary/aromatic N) is 4. The number of cyclic esters (lactones) is 1. The molecule has 1 aliphatic rings. The van der Waals surface area contributed by atoms with Crippen LogP contribution in [0.25, 0.3) is 10.4 Å². The molecule has 0 unspecified atom stereocenters. The molecule has 0 saturated heterocycles. The third-order valence-electron chi connectivity index (χ3n) is 2.40. The van der Waals surface area contributed by atoms with Crippen molar-refractivity contribution in [1.82, 2.24) is 0 Å². The molecule has 0 aliphatic carbocycles. The van der Waals surface area contributed by atoms with Gasteiger partial charge in [0, 0.05) is 10.5 Å². The summed E-state index contributed by atoms with van der Waals surface area (Å²) >= 11 is 5.99. The standard InChI is InChI=1S/C11H9ClN4O2/c12-9-4-2-1-3-8(9)10-11(17)18-7(5-14-10)6-15-16-13/h1-4,7H,5-6H2/t7-/m0/s1. The summed E-state index contributed by atoms with van der Waals surface area (Å²) in [4.78, 5) is 18.5. The lowest BCUT2D eigenvalue weighted by atomic mass is 10.1. The van der Waals surface area contributed by atoms with Crippen LogP contribution in [0.2, 0.25) is 5.02 Å². The van der Waals surface area contributed by atoms with Gasteiger partial charge in [-0.05, 0) is 11.6 Å². The number of halogens is 1. The highest BCUT2D eigenvalue weighted by Gasteiger charge is 2.26. The smallest absolute Gasteiger partial charge is 0.357 e. The van der Waals surface area contributed by atoms with Crippen LogP contribution < -0.4 is 0 Å². The van der Waals surface area contributed by atoms with E-state index in [0.29, 0.717) is 10.6 Å². The maximum absolute atomic E-state index is 11.8. The summed E-state index contributed by atoms with van der Waals surface area (Å²) in [5, 5.41) is 3.80. The molecule has 0 aromatic heterocycles. The largest absolute Gasteiger partial charge is 0.456 e. The zero-order chi connectivity index (χ0) is 13.0. The van der Waals surface area contributed by atoms with Gasteiger partial charge in [0.1, 0.15) is 6.10 Å². The van der Waals surface area contributed by atoms with E-state index in [1.807, 2.05) is 0 Å². The molecule has 1 atom stereocenters. The van der Waals surface area contributed by atoms with E-state index in [-0.39, 0.29) is 18.8 Å². The molecule has 7 heteroatoms. The molecule has 1 heterocycles. The van der Waals surface area contributed by atoms with Crippen molar-refractivity contribution in [2.75, 3.05) is 13.1 Å². The van der Waals surface area contributed by atoms with Crippen LogP contribution in [-0.2, 0) is 9.53 Å². The van der Waals surface area contributed by atoms with Gasteiger partial charge in [0.05, 0.1) is 18.1 Å². The summed E-state index contributed by atoms with van der Waals surface area (Å²) in [6.07, 6.45) is -0.500. The molecule has 0 radical (unpaired) electrons. The molecule has 0 bridgehead atoms. The Morgan fingerprint density at radius 3 is 3.00 bits per heavy atom. The normalized spacial score (nSPS) is 18.6. The second-order valence-electron chi connectivity index (χ2n) is 3.61. The van der Waals surface area contributed by atoms with Crippen molar-refractivity contribution < 1.29 is 9.53 Å². The third kappa shape index (κ3) is 2.61. The van der Waals surface area contributed by atoms with E-state index in [4.69, 9.17) is 21.9 Å². The molecule has 0 fully saturated rings. The van der Waals surface area contributed by atoms with Gasteiger partial charge in [-0.25, -0.2) is 4.79 Å². The Kier molecular flexibility index (Phi) is 3.82. The van der Waals surface area contributed by atoms with Gasteiger partial charge < -0.3 is 4.74 Å². The lowest BCUT2D eigenvalue weighted by Crippen LogP contribution is -2.34. The predicted octanol–water partition coefficient (Wildman–Crippen LogP) is 2.36. The number of carbonyl (C=O) groups excluding carboxylic acids is 1. The maximum atomic E-state index is 11.8. The number of hydrogen-bond acceptors (Lipinski definition) is 4. The van der Waals surface area contributed by atoms with E-state index in [2.05, 4.69) is 15.0 Å². The van der Waals surface area contributed by atoms with Crippen LogP contribution in [0.4, 0.5) is 0 Å². The Morgan fingerprint density at radius 1 is 1.56 bits per heavy atom. The number of esters is 1. The van der Waals surface area contributed by atoms with Crippen molar-refractivity contribution in [3.63, 3.8) is 0 Å². The highest BCUT2D eigenvalue weighted by atomic mass is 35.5. The molecule has 0 spiro atoms. The van der Waals surface area contributed by atoms with Crippen LogP contribution in [0, 0.1) is 0 Å². The van der Waals surface area contributed by atoms with Gasteiger partial charge in [-0.2, -0.15) is 0 Å². The van der Waals surface area contributed by atoms with Gasteiger partial charge in [0.25, 0.3) is 0 Å². The van der Waals surface area contributed by atoms with E-state index in [1.54, 1.807) is 24.3 Å². The highest BCUT2D eigenvalue weighted by Crippen LogP contribution is 2.19. The Morgan fingerprint density at radius 2 is 2.33 bits per heavy atom. The third-order valence-corrected chi connectivity index (χ3v) is 2.73.